The molecule has 20 heavy (non-hydrogen) atoms. The topological polar surface area (TPSA) is 70.2 Å². The molecule has 0 rings (SSSR count). The summed E-state index contributed by atoms with van der Waals surface area (Å²) in [6, 6.07) is 0. The van der Waals surface area contributed by atoms with Crippen molar-refractivity contribution in [2.24, 2.45) is 0 Å². The first-order valence-corrected chi connectivity index (χ1v) is 5.46. The van der Waals surface area contributed by atoms with Gasteiger partial charge in [0.1, 0.15) is 0 Å². The van der Waals surface area contributed by atoms with Crippen molar-refractivity contribution in [1.82, 2.24) is 16.0 Å². The van der Waals surface area contributed by atoms with Crippen LogP contribution in [0.4, 0.5) is 26.3 Å². The van der Waals surface area contributed by atoms with Crippen LogP contribution in [0.2, 0.25) is 0 Å². The fourth-order valence-electron chi connectivity index (χ4n) is 1.01. The van der Waals surface area contributed by atoms with Crippen LogP contribution in [0.15, 0.2) is 0 Å². The summed E-state index contributed by atoms with van der Waals surface area (Å²) in [6.45, 7) is -0.289. The predicted molar refractivity (Wildman–Crippen MR) is 55.6 cm³/mol. The molecule has 0 spiro atoms. The molecule has 0 aliphatic rings. The first-order valence-electron chi connectivity index (χ1n) is 5.46. The Hall–Kier alpha value is -1.52. The summed E-state index contributed by atoms with van der Waals surface area (Å²) < 4.78 is 70.4. The Morgan fingerprint density at radius 3 is 1.60 bits per heavy atom. The van der Waals surface area contributed by atoms with E-state index in [2.05, 4.69) is 5.32 Å². The maximum Gasteiger partial charge on any atom is 0.471 e. The zero-order chi connectivity index (χ0) is 15.8. The molecule has 2 amide bonds. The van der Waals surface area contributed by atoms with Crippen LogP contribution in [0.25, 0.3) is 0 Å². The summed E-state index contributed by atoms with van der Waals surface area (Å²) in [7, 11) is 0. The van der Waals surface area contributed by atoms with E-state index in [4.69, 9.17) is 0 Å². The standard InChI is InChI=1S/C9H13F6N3O2/c10-8(11,12)6(19)17-3-1-2-16-4-5-18-7(20)9(13,14)15/h16H,1-5H2,(H,17,19)(H,18,20). The van der Waals surface area contributed by atoms with Gasteiger partial charge in [0.25, 0.3) is 0 Å². The number of carbonyl (C=O) groups excluding carboxylic acids is 2. The molecule has 0 bridgehead atoms. The molecule has 0 aromatic carbocycles. The second-order valence-electron chi connectivity index (χ2n) is 3.61. The minimum absolute atomic E-state index is 0.0229. The van der Waals surface area contributed by atoms with E-state index >= 15 is 0 Å². The molecule has 0 saturated carbocycles. The first kappa shape index (κ1) is 18.5. The van der Waals surface area contributed by atoms with Crippen molar-refractivity contribution in [3.63, 3.8) is 0 Å². The van der Waals surface area contributed by atoms with E-state index in [0.29, 0.717) is 0 Å². The summed E-state index contributed by atoms with van der Waals surface area (Å²) in [5, 5.41) is 5.83. The van der Waals surface area contributed by atoms with Gasteiger partial charge in [0, 0.05) is 19.6 Å². The molecule has 0 aliphatic heterocycles. The van der Waals surface area contributed by atoms with E-state index < -0.39 is 24.2 Å². The van der Waals surface area contributed by atoms with Crippen molar-refractivity contribution in [1.29, 1.82) is 0 Å². The van der Waals surface area contributed by atoms with Gasteiger partial charge in [-0.3, -0.25) is 9.59 Å². The molecule has 0 radical (unpaired) electrons. The van der Waals surface area contributed by atoms with Gasteiger partial charge in [0.15, 0.2) is 0 Å². The van der Waals surface area contributed by atoms with Crippen molar-refractivity contribution < 1.29 is 35.9 Å². The minimum atomic E-state index is -4.94. The summed E-state index contributed by atoms with van der Waals surface area (Å²) in [5.41, 5.74) is 0. The molecule has 0 heterocycles. The Bertz CT molecular complexity index is 297. The van der Waals surface area contributed by atoms with E-state index in [1.807, 2.05) is 0 Å². The molecule has 0 aromatic rings. The van der Waals surface area contributed by atoms with Gasteiger partial charge in [-0.25, -0.2) is 0 Å². The third-order valence-corrected chi connectivity index (χ3v) is 1.92. The van der Waals surface area contributed by atoms with E-state index in [1.165, 1.54) is 0 Å². The highest BCUT2D eigenvalue weighted by molar-refractivity contribution is 5.81. The third kappa shape index (κ3) is 8.56. The Morgan fingerprint density at radius 1 is 0.700 bits per heavy atom. The largest absolute Gasteiger partial charge is 0.471 e. The number of rotatable bonds is 7. The second-order valence-corrected chi connectivity index (χ2v) is 3.61. The van der Waals surface area contributed by atoms with Gasteiger partial charge in [-0.1, -0.05) is 0 Å². The van der Waals surface area contributed by atoms with Crippen LogP contribution >= 0.6 is 0 Å². The maximum absolute atomic E-state index is 11.7. The van der Waals surface area contributed by atoms with Crippen LogP contribution < -0.4 is 16.0 Å². The van der Waals surface area contributed by atoms with Crippen LogP contribution in [0, 0.1) is 0 Å². The average molecular weight is 309 g/mol. The summed E-state index contributed by atoms with van der Waals surface area (Å²) in [5.74, 6) is -4.10. The Kier molecular flexibility index (Phi) is 7.32. The SMILES string of the molecule is O=C(NCCCNCCNC(=O)C(F)(F)F)C(F)(F)F. The van der Waals surface area contributed by atoms with Gasteiger partial charge in [-0.2, -0.15) is 26.3 Å². The summed E-state index contributed by atoms with van der Waals surface area (Å²) in [4.78, 5) is 20.7. The van der Waals surface area contributed by atoms with E-state index in [0.717, 1.165) is 0 Å². The van der Waals surface area contributed by atoms with Gasteiger partial charge in [0.2, 0.25) is 0 Å². The number of hydrogen-bond donors (Lipinski definition) is 3. The molecule has 0 aromatic heterocycles. The lowest BCUT2D eigenvalue weighted by atomic mass is 10.4. The number of halogens is 6. The van der Waals surface area contributed by atoms with E-state index in [-0.39, 0.29) is 32.6 Å². The lowest BCUT2D eigenvalue weighted by molar-refractivity contribution is -0.173. The smallest absolute Gasteiger partial charge is 0.348 e. The van der Waals surface area contributed by atoms with E-state index in [1.54, 1.807) is 10.6 Å². The van der Waals surface area contributed by atoms with E-state index in [9.17, 15) is 35.9 Å². The molecule has 3 N–H and O–H groups in total. The molecule has 0 saturated heterocycles. The zero-order valence-corrected chi connectivity index (χ0v) is 10.1. The number of nitrogens with one attached hydrogen (secondary N) is 3. The lowest BCUT2D eigenvalue weighted by Gasteiger charge is -2.09. The van der Waals surface area contributed by atoms with Crippen molar-refractivity contribution in [2.45, 2.75) is 18.8 Å². The normalized spacial score (nSPS) is 12.1. The van der Waals surface area contributed by atoms with Crippen LogP contribution in [0.1, 0.15) is 6.42 Å². The molecule has 0 unspecified atom stereocenters. The molecule has 11 heteroatoms. The van der Waals surface area contributed by atoms with Crippen LogP contribution in [-0.2, 0) is 9.59 Å². The van der Waals surface area contributed by atoms with Gasteiger partial charge in [-0.05, 0) is 13.0 Å². The minimum Gasteiger partial charge on any atom is -0.348 e. The van der Waals surface area contributed by atoms with Gasteiger partial charge in [-0.15, -0.1) is 0 Å². The second kappa shape index (κ2) is 7.92. The monoisotopic (exact) mass is 309 g/mol. The fraction of sp³-hybridized carbons (Fsp3) is 0.778. The van der Waals surface area contributed by atoms with Gasteiger partial charge in [0.05, 0.1) is 0 Å². The molecule has 118 valence electrons. The van der Waals surface area contributed by atoms with Crippen molar-refractivity contribution in [2.75, 3.05) is 26.2 Å². The van der Waals surface area contributed by atoms with Crippen molar-refractivity contribution in [3.8, 4) is 0 Å². The molecule has 0 atom stereocenters. The molecule has 5 nitrogen and oxygen atoms in total. The highest BCUT2D eigenvalue weighted by atomic mass is 19.4. The third-order valence-electron chi connectivity index (χ3n) is 1.92. The number of hydrogen-bond acceptors (Lipinski definition) is 3. The quantitative estimate of drug-likeness (QED) is 0.469. The Labute approximate surface area is 110 Å². The number of alkyl halides is 6. The average Bonchev–Trinajstić information content (AvgIpc) is 2.29. The van der Waals surface area contributed by atoms with Crippen LogP contribution in [-0.4, -0.2) is 50.3 Å². The highest BCUT2D eigenvalue weighted by Gasteiger charge is 2.38. The van der Waals surface area contributed by atoms with Crippen LogP contribution in [0.3, 0.4) is 0 Å². The Morgan fingerprint density at radius 2 is 1.15 bits per heavy atom. The lowest BCUT2D eigenvalue weighted by Crippen LogP contribution is -2.41. The molecular weight excluding hydrogens is 296 g/mol. The number of carbonyl (C=O) groups is 2. The summed E-state index contributed by atoms with van der Waals surface area (Å²) >= 11 is 0. The summed E-state index contributed by atoms with van der Waals surface area (Å²) in [6.07, 6.45) is -9.72. The Balaban J connectivity index is 3.47. The molecule has 0 aliphatic carbocycles. The van der Waals surface area contributed by atoms with Crippen molar-refractivity contribution >= 4 is 11.8 Å². The first-order chi connectivity index (χ1) is 9.05. The highest BCUT2D eigenvalue weighted by Crippen LogP contribution is 2.14. The number of amides is 2. The zero-order valence-electron chi connectivity index (χ0n) is 10.1. The molecular formula is C9H13F6N3O2. The molecule has 0 fully saturated rings. The van der Waals surface area contributed by atoms with Crippen LogP contribution in [0.5, 0.6) is 0 Å². The fourth-order valence-corrected chi connectivity index (χ4v) is 1.01. The predicted octanol–water partition coefficient (Wildman–Crippen LogP) is 0.323. The maximum atomic E-state index is 11.7. The van der Waals surface area contributed by atoms with Gasteiger partial charge < -0.3 is 16.0 Å². The van der Waals surface area contributed by atoms with Gasteiger partial charge >= 0.3 is 24.2 Å². The van der Waals surface area contributed by atoms with Crippen molar-refractivity contribution in [3.05, 3.63) is 0 Å².